The molecule has 5 nitrogen and oxygen atoms in total. The topological polar surface area (TPSA) is 50.2 Å². The van der Waals surface area contributed by atoms with Gasteiger partial charge in [0.1, 0.15) is 0 Å². The van der Waals surface area contributed by atoms with Crippen molar-refractivity contribution in [3.05, 3.63) is 18.0 Å². The van der Waals surface area contributed by atoms with Crippen LogP contribution in [0.5, 0.6) is 0 Å². The fraction of sp³-hybridized carbons (Fsp3) is 0.600. The van der Waals surface area contributed by atoms with Crippen molar-refractivity contribution < 1.29 is 4.79 Å². The number of rotatable bonds is 1. The molecule has 1 atom stereocenters. The van der Waals surface area contributed by atoms with Crippen molar-refractivity contribution in [2.45, 2.75) is 13.0 Å². The average molecular weight is 245 g/mol. The van der Waals surface area contributed by atoms with Crippen molar-refractivity contribution in [1.82, 2.24) is 20.0 Å². The van der Waals surface area contributed by atoms with E-state index in [0.717, 1.165) is 19.6 Å². The van der Waals surface area contributed by atoms with Gasteiger partial charge >= 0.3 is 0 Å². The summed E-state index contributed by atoms with van der Waals surface area (Å²) in [5.74, 6) is 0.0806. The van der Waals surface area contributed by atoms with Crippen LogP contribution in [-0.4, -0.2) is 46.3 Å². The van der Waals surface area contributed by atoms with E-state index in [0.29, 0.717) is 5.56 Å². The molecule has 1 saturated heterocycles. The summed E-state index contributed by atoms with van der Waals surface area (Å²) in [6.45, 7) is 4.57. The highest BCUT2D eigenvalue weighted by atomic mass is 35.5. The van der Waals surface area contributed by atoms with Gasteiger partial charge in [0.25, 0.3) is 5.91 Å². The highest BCUT2D eigenvalue weighted by molar-refractivity contribution is 5.94. The maximum atomic E-state index is 12.1. The molecule has 0 aromatic carbocycles. The molecule has 1 amide bonds. The van der Waals surface area contributed by atoms with Gasteiger partial charge in [-0.15, -0.1) is 12.4 Å². The van der Waals surface area contributed by atoms with Gasteiger partial charge in [-0.1, -0.05) is 0 Å². The van der Waals surface area contributed by atoms with E-state index in [2.05, 4.69) is 17.3 Å². The van der Waals surface area contributed by atoms with Crippen LogP contribution in [0.3, 0.4) is 0 Å². The number of nitrogens with zero attached hydrogens (tertiary/aromatic N) is 3. The molecule has 16 heavy (non-hydrogen) atoms. The zero-order chi connectivity index (χ0) is 10.8. The summed E-state index contributed by atoms with van der Waals surface area (Å²) in [4.78, 5) is 14.0. The lowest BCUT2D eigenvalue weighted by molar-refractivity contribution is 0.0655. The summed E-state index contributed by atoms with van der Waals surface area (Å²) in [7, 11) is 1.82. The number of aromatic nitrogens is 2. The summed E-state index contributed by atoms with van der Waals surface area (Å²) in [5.41, 5.74) is 0.672. The fourth-order valence-corrected chi connectivity index (χ4v) is 1.84. The number of carbonyl (C=O) groups excluding carboxylic acids is 1. The van der Waals surface area contributed by atoms with Crippen molar-refractivity contribution in [3.63, 3.8) is 0 Å². The van der Waals surface area contributed by atoms with E-state index in [1.54, 1.807) is 17.1 Å². The zero-order valence-corrected chi connectivity index (χ0v) is 10.3. The van der Waals surface area contributed by atoms with E-state index in [9.17, 15) is 4.79 Å². The Hall–Kier alpha value is -1.07. The first-order valence-electron chi connectivity index (χ1n) is 5.19. The van der Waals surface area contributed by atoms with Crippen LogP contribution < -0.4 is 5.32 Å². The third kappa shape index (κ3) is 2.54. The Labute approximate surface area is 101 Å². The molecule has 0 radical (unpaired) electrons. The van der Waals surface area contributed by atoms with Crippen LogP contribution in [0.4, 0.5) is 0 Å². The summed E-state index contributed by atoms with van der Waals surface area (Å²) in [6.07, 6.45) is 3.38. The van der Waals surface area contributed by atoms with E-state index >= 15 is 0 Å². The Morgan fingerprint density at radius 2 is 2.38 bits per heavy atom. The average Bonchev–Trinajstić information content (AvgIpc) is 2.65. The summed E-state index contributed by atoms with van der Waals surface area (Å²) < 4.78 is 1.65. The highest BCUT2D eigenvalue weighted by Gasteiger charge is 2.24. The van der Waals surface area contributed by atoms with Crippen LogP contribution in [0.25, 0.3) is 0 Å². The molecule has 90 valence electrons. The Balaban J connectivity index is 0.00000128. The van der Waals surface area contributed by atoms with Gasteiger partial charge in [0.2, 0.25) is 0 Å². The van der Waals surface area contributed by atoms with Crippen LogP contribution in [0.1, 0.15) is 17.3 Å². The Kier molecular flexibility index (Phi) is 4.32. The second-order valence-corrected chi connectivity index (χ2v) is 3.95. The largest absolute Gasteiger partial charge is 0.333 e. The van der Waals surface area contributed by atoms with Gasteiger partial charge in [-0.2, -0.15) is 5.10 Å². The van der Waals surface area contributed by atoms with Crippen LogP contribution in [0.15, 0.2) is 12.4 Å². The molecule has 6 heteroatoms. The molecule has 2 rings (SSSR count). The Morgan fingerprint density at radius 3 is 2.94 bits per heavy atom. The summed E-state index contributed by atoms with van der Waals surface area (Å²) in [6, 6.07) is 0.256. The minimum absolute atomic E-state index is 0. The van der Waals surface area contributed by atoms with Gasteiger partial charge in [-0.05, 0) is 6.92 Å². The van der Waals surface area contributed by atoms with Gasteiger partial charge in [0.05, 0.1) is 11.8 Å². The first-order valence-corrected chi connectivity index (χ1v) is 5.19. The van der Waals surface area contributed by atoms with Gasteiger partial charge < -0.3 is 10.2 Å². The molecule has 1 aliphatic rings. The number of amides is 1. The van der Waals surface area contributed by atoms with E-state index < -0.39 is 0 Å². The second kappa shape index (κ2) is 5.32. The molecule has 2 heterocycles. The molecular formula is C10H17ClN4O. The molecule has 0 bridgehead atoms. The predicted molar refractivity (Wildman–Crippen MR) is 63.8 cm³/mol. The van der Waals surface area contributed by atoms with Crippen LogP contribution >= 0.6 is 12.4 Å². The lowest BCUT2D eigenvalue weighted by Crippen LogP contribution is -2.52. The smallest absolute Gasteiger partial charge is 0.257 e. The number of aryl methyl sites for hydroxylation is 1. The highest BCUT2D eigenvalue weighted by Crippen LogP contribution is 2.09. The lowest BCUT2D eigenvalue weighted by Gasteiger charge is -2.33. The number of hydrogen-bond acceptors (Lipinski definition) is 3. The summed E-state index contributed by atoms with van der Waals surface area (Å²) in [5, 5.41) is 7.27. The second-order valence-electron chi connectivity index (χ2n) is 3.95. The third-order valence-corrected chi connectivity index (χ3v) is 2.71. The SMILES string of the molecule is CC1CNCCN1C(=O)c1cnn(C)c1.Cl. The molecule has 1 aromatic rings. The minimum atomic E-state index is 0. The van der Waals surface area contributed by atoms with Gasteiger partial charge in [-0.3, -0.25) is 9.48 Å². The zero-order valence-electron chi connectivity index (χ0n) is 9.51. The van der Waals surface area contributed by atoms with Crippen LogP contribution in [0, 0.1) is 0 Å². The lowest BCUT2D eigenvalue weighted by atomic mass is 10.2. The van der Waals surface area contributed by atoms with E-state index in [1.165, 1.54) is 0 Å². The fourth-order valence-electron chi connectivity index (χ4n) is 1.84. The minimum Gasteiger partial charge on any atom is -0.333 e. The molecular weight excluding hydrogens is 228 g/mol. The molecule has 1 aromatic heterocycles. The molecule has 1 fully saturated rings. The first-order chi connectivity index (χ1) is 7.18. The molecule has 1 aliphatic heterocycles. The van der Waals surface area contributed by atoms with E-state index in [4.69, 9.17) is 0 Å². The molecule has 1 unspecified atom stereocenters. The van der Waals surface area contributed by atoms with Crippen molar-refractivity contribution in [2.24, 2.45) is 7.05 Å². The van der Waals surface area contributed by atoms with E-state index in [1.807, 2.05) is 11.9 Å². The Bertz CT molecular complexity index is 365. The predicted octanol–water partition coefficient (Wildman–Crippen LogP) is 0.276. The molecule has 1 N–H and O–H groups in total. The Morgan fingerprint density at radius 1 is 1.62 bits per heavy atom. The van der Waals surface area contributed by atoms with Gasteiger partial charge in [-0.25, -0.2) is 0 Å². The number of nitrogens with one attached hydrogen (secondary N) is 1. The third-order valence-electron chi connectivity index (χ3n) is 2.71. The van der Waals surface area contributed by atoms with Crippen molar-refractivity contribution in [1.29, 1.82) is 0 Å². The van der Waals surface area contributed by atoms with Crippen molar-refractivity contribution >= 4 is 18.3 Å². The molecule has 0 spiro atoms. The van der Waals surface area contributed by atoms with Crippen LogP contribution in [-0.2, 0) is 7.05 Å². The standard InChI is InChI=1S/C10H16N4O.ClH/c1-8-5-11-3-4-14(8)10(15)9-6-12-13(2)7-9;/h6-8,11H,3-5H2,1-2H3;1H. The number of hydrogen-bond donors (Lipinski definition) is 1. The normalized spacial score (nSPS) is 20.4. The van der Waals surface area contributed by atoms with Crippen molar-refractivity contribution in [2.75, 3.05) is 19.6 Å². The number of piperazine rings is 1. The number of carbonyl (C=O) groups is 1. The quantitative estimate of drug-likeness (QED) is 0.772. The maximum absolute atomic E-state index is 12.1. The molecule has 0 aliphatic carbocycles. The van der Waals surface area contributed by atoms with Gasteiger partial charge in [0.15, 0.2) is 0 Å². The van der Waals surface area contributed by atoms with Gasteiger partial charge in [0, 0.05) is 38.9 Å². The molecule has 0 saturated carbocycles. The monoisotopic (exact) mass is 244 g/mol. The first kappa shape index (κ1) is 13.0. The maximum Gasteiger partial charge on any atom is 0.257 e. The van der Waals surface area contributed by atoms with Crippen LogP contribution in [0.2, 0.25) is 0 Å². The van der Waals surface area contributed by atoms with Crippen molar-refractivity contribution in [3.8, 4) is 0 Å². The summed E-state index contributed by atoms with van der Waals surface area (Å²) >= 11 is 0. The van der Waals surface area contributed by atoms with E-state index in [-0.39, 0.29) is 24.4 Å². The number of halogens is 1.